The molecule has 32 heavy (non-hydrogen) atoms. The standard InChI is InChI=1S/C23H25N5O3S/c24-12-20-19-6-7-25-14-21(19)32-23(20)27-22(29)18-13-26-28(15-18)8-9-30-10-11-31-16-17-4-2-1-3-5-17/h1-5,13,15,25H,6-11,14,16H2,(H,27,29). The Morgan fingerprint density at radius 1 is 1.25 bits per heavy atom. The highest BCUT2D eigenvalue weighted by molar-refractivity contribution is 7.16. The third-order valence-electron chi connectivity index (χ3n) is 5.11. The van der Waals surface area contributed by atoms with Gasteiger partial charge in [-0.25, -0.2) is 0 Å². The third-order valence-corrected chi connectivity index (χ3v) is 6.26. The first-order valence-electron chi connectivity index (χ1n) is 10.5. The molecule has 4 rings (SSSR count). The first-order chi connectivity index (χ1) is 15.7. The quantitative estimate of drug-likeness (QED) is 0.460. The first-order valence-corrected chi connectivity index (χ1v) is 11.3. The maximum Gasteiger partial charge on any atom is 0.259 e. The van der Waals surface area contributed by atoms with Gasteiger partial charge in [0.2, 0.25) is 0 Å². The predicted molar refractivity (Wildman–Crippen MR) is 122 cm³/mol. The Morgan fingerprint density at radius 3 is 2.94 bits per heavy atom. The Bertz CT molecular complexity index is 1090. The molecule has 0 spiro atoms. The molecule has 1 aliphatic heterocycles. The van der Waals surface area contributed by atoms with Gasteiger partial charge in [0, 0.05) is 17.6 Å². The average Bonchev–Trinajstić information content (AvgIpc) is 3.43. The van der Waals surface area contributed by atoms with Crippen molar-refractivity contribution in [1.82, 2.24) is 15.1 Å². The zero-order valence-electron chi connectivity index (χ0n) is 17.7. The van der Waals surface area contributed by atoms with Gasteiger partial charge >= 0.3 is 0 Å². The van der Waals surface area contributed by atoms with E-state index in [1.807, 2.05) is 30.3 Å². The SMILES string of the molecule is N#Cc1c(NC(=O)c2cnn(CCOCCOCc3ccccc3)c2)sc2c1CCNC2. The van der Waals surface area contributed by atoms with Crippen molar-refractivity contribution >= 4 is 22.2 Å². The van der Waals surface area contributed by atoms with Gasteiger partial charge in [0.05, 0.1) is 50.3 Å². The number of benzene rings is 1. The third kappa shape index (κ3) is 5.60. The number of carbonyl (C=O) groups is 1. The lowest BCUT2D eigenvalue weighted by molar-refractivity contribution is 0.0372. The number of nitriles is 1. The van der Waals surface area contributed by atoms with Crippen LogP contribution in [0.4, 0.5) is 5.00 Å². The van der Waals surface area contributed by atoms with Gasteiger partial charge in [-0.1, -0.05) is 30.3 Å². The minimum atomic E-state index is -0.269. The van der Waals surface area contributed by atoms with Crippen LogP contribution in [0.2, 0.25) is 0 Å². The number of nitrogens with one attached hydrogen (secondary N) is 2. The molecule has 0 atom stereocenters. The Hall–Kier alpha value is -3.03. The lowest BCUT2D eigenvalue weighted by Gasteiger charge is -2.11. The van der Waals surface area contributed by atoms with E-state index in [-0.39, 0.29) is 5.91 Å². The maximum absolute atomic E-state index is 12.6. The second-order valence-electron chi connectivity index (χ2n) is 7.34. The summed E-state index contributed by atoms with van der Waals surface area (Å²) < 4.78 is 12.9. The highest BCUT2D eigenvalue weighted by Gasteiger charge is 2.22. The minimum Gasteiger partial charge on any atom is -0.377 e. The summed E-state index contributed by atoms with van der Waals surface area (Å²) in [6.07, 6.45) is 4.02. The molecule has 0 unspecified atom stereocenters. The van der Waals surface area contributed by atoms with E-state index in [9.17, 15) is 10.1 Å². The summed E-state index contributed by atoms with van der Waals surface area (Å²) >= 11 is 1.46. The van der Waals surface area contributed by atoms with Gasteiger partial charge in [-0.3, -0.25) is 9.48 Å². The van der Waals surface area contributed by atoms with Crippen LogP contribution in [-0.2, 0) is 35.6 Å². The molecule has 3 heterocycles. The summed E-state index contributed by atoms with van der Waals surface area (Å²) in [5.41, 5.74) is 3.21. The zero-order valence-corrected chi connectivity index (χ0v) is 18.5. The second-order valence-corrected chi connectivity index (χ2v) is 8.45. The van der Waals surface area contributed by atoms with Crippen molar-refractivity contribution in [3.63, 3.8) is 0 Å². The first kappa shape index (κ1) is 22.2. The van der Waals surface area contributed by atoms with Crippen molar-refractivity contribution in [2.45, 2.75) is 26.1 Å². The maximum atomic E-state index is 12.6. The van der Waals surface area contributed by atoms with E-state index in [1.165, 1.54) is 17.5 Å². The number of aromatic nitrogens is 2. The molecule has 1 aromatic carbocycles. The molecule has 0 bridgehead atoms. The summed E-state index contributed by atoms with van der Waals surface area (Å²) in [6, 6.07) is 12.2. The van der Waals surface area contributed by atoms with Crippen LogP contribution in [0.25, 0.3) is 0 Å². The van der Waals surface area contributed by atoms with Crippen LogP contribution in [0.15, 0.2) is 42.7 Å². The van der Waals surface area contributed by atoms with Gasteiger partial charge in [-0.15, -0.1) is 11.3 Å². The molecule has 1 aliphatic rings. The number of hydrogen-bond donors (Lipinski definition) is 2. The van der Waals surface area contributed by atoms with Gasteiger partial charge in [0.25, 0.3) is 5.91 Å². The zero-order chi connectivity index (χ0) is 22.2. The van der Waals surface area contributed by atoms with Crippen molar-refractivity contribution in [3.05, 3.63) is 69.9 Å². The number of rotatable bonds is 10. The van der Waals surface area contributed by atoms with Crippen molar-refractivity contribution in [3.8, 4) is 6.07 Å². The molecule has 9 heteroatoms. The lowest BCUT2D eigenvalue weighted by Crippen LogP contribution is -2.22. The highest BCUT2D eigenvalue weighted by Crippen LogP contribution is 2.35. The van der Waals surface area contributed by atoms with Gasteiger partial charge in [-0.2, -0.15) is 10.4 Å². The minimum absolute atomic E-state index is 0.269. The van der Waals surface area contributed by atoms with Gasteiger partial charge in [0.1, 0.15) is 11.1 Å². The number of carbonyl (C=O) groups excluding carboxylic acids is 1. The Kier molecular flexibility index (Phi) is 7.64. The molecule has 8 nitrogen and oxygen atoms in total. The van der Waals surface area contributed by atoms with Gasteiger partial charge in [0.15, 0.2) is 0 Å². The number of hydrogen-bond acceptors (Lipinski definition) is 7. The molecular weight excluding hydrogens is 426 g/mol. The number of nitrogens with zero attached hydrogens (tertiary/aromatic N) is 3. The smallest absolute Gasteiger partial charge is 0.259 e. The van der Waals surface area contributed by atoms with E-state index >= 15 is 0 Å². The van der Waals surface area contributed by atoms with Crippen LogP contribution in [0.5, 0.6) is 0 Å². The predicted octanol–water partition coefficient (Wildman–Crippen LogP) is 2.95. The molecule has 0 fully saturated rings. The van der Waals surface area contributed by atoms with Gasteiger partial charge < -0.3 is 20.1 Å². The molecule has 0 aliphatic carbocycles. The van der Waals surface area contributed by atoms with E-state index in [4.69, 9.17) is 9.47 Å². The molecular formula is C23H25N5O3S. The highest BCUT2D eigenvalue weighted by atomic mass is 32.1. The van der Waals surface area contributed by atoms with E-state index in [0.717, 1.165) is 35.5 Å². The Morgan fingerprint density at radius 2 is 2.09 bits per heavy atom. The van der Waals surface area contributed by atoms with Crippen molar-refractivity contribution in [2.75, 3.05) is 31.7 Å². The van der Waals surface area contributed by atoms with Crippen molar-refractivity contribution < 1.29 is 14.3 Å². The Balaban J connectivity index is 1.20. The number of ether oxygens (including phenoxy) is 2. The van der Waals surface area contributed by atoms with E-state index < -0.39 is 0 Å². The Labute approximate surface area is 190 Å². The van der Waals surface area contributed by atoms with E-state index in [2.05, 4.69) is 21.8 Å². The topological polar surface area (TPSA) is 101 Å². The fourth-order valence-corrected chi connectivity index (χ4v) is 4.62. The average molecular weight is 452 g/mol. The second kappa shape index (κ2) is 11.0. The molecule has 1 amide bonds. The van der Waals surface area contributed by atoms with Crippen molar-refractivity contribution in [1.29, 1.82) is 5.26 Å². The summed E-state index contributed by atoms with van der Waals surface area (Å²) in [4.78, 5) is 13.8. The number of amides is 1. The van der Waals surface area contributed by atoms with Crippen molar-refractivity contribution in [2.24, 2.45) is 0 Å². The largest absolute Gasteiger partial charge is 0.377 e. The fourth-order valence-electron chi connectivity index (χ4n) is 3.46. The van der Waals surface area contributed by atoms with Gasteiger partial charge in [-0.05, 0) is 24.1 Å². The molecule has 166 valence electrons. The molecule has 2 aromatic heterocycles. The molecule has 0 saturated heterocycles. The normalized spacial score (nSPS) is 12.8. The summed E-state index contributed by atoms with van der Waals surface area (Å²) in [6.45, 7) is 4.17. The van der Waals surface area contributed by atoms with Crippen LogP contribution in [0.1, 0.15) is 31.9 Å². The fraction of sp³-hybridized carbons (Fsp3) is 0.348. The number of thiophene rings is 1. The summed E-state index contributed by atoms with van der Waals surface area (Å²) in [5.74, 6) is -0.269. The number of anilines is 1. The monoisotopic (exact) mass is 451 g/mol. The molecule has 3 aromatic rings. The van der Waals surface area contributed by atoms with Crippen LogP contribution in [0, 0.1) is 11.3 Å². The van der Waals surface area contributed by atoms with Crippen LogP contribution in [0.3, 0.4) is 0 Å². The lowest BCUT2D eigenvalue weighted by atomic mass is 10.1. The summed E-state index contributed by atoms with van der Waals surface area (Å²) in [5, 5.41) is 20.5. The summed E-state index contributed by atoms with van der Waals surface area (Å²) in [7, 11) is 0. The van der Waals surface area contributed by atoms with Crippen LogP contribution < -0.4 is 10.6 Å². The molecule has 0 radical (unpaired) electrons. The van der Waals surface area contributed by atoms with Crippen LogP contribution >= 0.6 is 11.3 Å². The van der Waals surface area contributed by atoms with Crippen LogP contribution in [-0.4, -0.2) is 42.1 Å². The molecule has 0 saturated carbocycles. The molecule has 2 N–H and O–H groups in total. The van der Waals surface area contributed by atoms with E-state index in [0.29, 0.717) is 49.1 Å². The van der Waals surface area contributed by atoms with E-state index in [1.54, 1.807) is 10.9 Å². The number of fused-ring (bicyclic) bond motifs is 1.